The zero-order valence-corrected chi connectivity index (χ0v) is 8.54. The van der Waals surface area contributed by atoms with Crippen molar-refractivity contribution in [1.82, 2.24) is 20.4 Å². The second-order valence-corrected chi connectivity index (χ2v) is 3.09. The highest BCUT2D eigenvalue weighted by molar-refractivity contribution is 5.77. The van der Waals surface area contributed by atoms with Gasteiger partial charge in [-0.3, -0.25) is 4.98 Å². The number of rotatable bonds is 0. The molecule has 0 atom stereocenters. The molecule has 80 valence electrons. The molecule has 0 radical (unpaired) electrons. The van der Waals surface area contributed by atoms with Crippen LogP contribution < -0.4 is 5.73 Å². The minimum Gasteiger partial charge on any atom is -0.381 e. The highest BCUT2D eigenvalue weighted by atomic mass is 15.3. The molecule has 5 heteroatoms. The Kier molecular flexibility index (Phi) is 3.08. The van der Waals surface area contributed by atoms with Crippen LogP contribution in [0.1, 0.15) is 0 Å². The van der Waals surface area contributed by atoms with E-state index in [2.05, 4.69) is 32.5 Å². The number of nitrogen functional groups attached to an aromatic ring is 1. The van der Waals surface area contributed by atoms with E-state index in [4.69, 9.17) is 5.73 Å². The van der Waals surface area contributed by atoms with E-state index in [1.165, 1.54) is 11.6 Å². The summed E-state index contributed by atoms with van der Waals surface area (Å²) in [7, 11) is 0. The average Bonchev–Trinajstić information content (AvgIpc) is 2.81. The summed E-state index contributed by atoms with van der Waals surface area (Å²) in [6, 6.07) is 12.1. The summed E-state index contributed by atoms with van der Waals surface area (Å²) in [6.07, 6.45) is 3.25. The van der Waals surface area contributed by atoms with Crippen molar-refractivity contribution in [3.63, 3.8) is 0 Å². The van der Waals surface area contributed by atoms with E-state index in [9.17, 15) is 0 Å². The van der Waals surface area contributed by atoms with Gasteiger partial charge in [0.05, 0.1) is 11.7 Å². The van der Waals surface area contributed by atoms with Crippen LogP contribution in [0.25, 0.3) is 10.9 Å². The molecule has 2 aromatic heterocycles. The van der Waals surface area contributed by atoms with Gasteiger partial charge in [0, 0.05) is 11.6 Å². The van der Waals surface area contributed by atoms with Gasteiger partial charge in [-0.2, -0.15) is 10.3 Å². The van der Waals surface area contributed by atoms with Crippen LogP contribution in [0.2, 0.25) is 0 Å². The highest BCUT2D eigenvalue weighted by Crippen LogP contribution is 2.07. The Balaban J connectivity index is 0.000000138. The Bertz CT molecular complexity index is 482. The fourth-order valence-corrected chi connectivity index (χ4v) is 1.23. The lowest BCUT2D eigenvalue weighted by molar-refractivity contribution is 0.943. The molecule has 0 fully saturated rings. The van der Waals surface area contributed by atoms with Crippen LogP contribution in [0.5, 0.6) is 0 Å². The Morgan fingerprint density at radius 3 is 2.50 bits per heavy atom. The van der Waals surface area contributed by atoms with Crippen LogP contribution in [0.3, 0.4) is 0 Å². The maximum atomic E-state index is 5.07. The molecule has 0 unspecified atom stereocenters. The van der Waals surface area contributed by atoms with Gasteiger partial charge in [-0.1, -0.05) is 24.3 Å². The summed E-state index contributed by atoms with van der Waals surface area (Å²) in [5, 5.41) is 10.4. The summed E-state index contributed by atoms with van der Waals surface area (Å²) in [6.45, 7) is 0. The van der Waals surface area contributed by atoms with E-state index in [-0.39, 0.29) is 0 Å². The third-order valence-electron chi connectivity index (χ3n) is 1.95. The summed E-state index contributed by atoms with van der Waals surface area (Å²) in [5.74, 6) is 0.426. The Morgan fingerprint density at radius 2 is 1.88 bits per heavy atom. The number of aromatic nitrogens is 4. The van der Waals surface area contributed by atoms with Crippen molar-refractivity contribution in [2.75, 3.05) is 5.73 Å². The Morgan fingerprint density at radius 1 is 1.06 bits per heavy atom. The zero-order valence-electron chi connectivity index (χ0n) is 8.54. The lowest BCUT2D eigenvalue weighted by atomic mass is 10.2. The minimum atomic E-state index is 0.426. The number of H-pyrrole nitrogens is 1. The van der Waals surface area contributed by atoms with Crippen molar-refractivity contribution >= 4 is 16.7 Å². The number of hydrogen-bond donors (Lipinski definition) is 2. The number of pyridine rings is 1. The van der Waals surface area contributed by atoms with Crippen molar-refractivity contribution in [2.24, 2.45) is 0 Å². The molecule has 16 heavy (non-hydrogen) atoms. The molecule has 0 saturated heterocycles. The maximum absolute atomic E-state index is 5.07. The molecular formula is C11H11N5. The first-order chi connectivity index (χ1) is 7.86. The predicted molar refractivity (Wildman–Crippen MR) is 62.5 cm³/mol. The van der Waals surface area contributed by atoms with Gasteiger partial charge in [0.15, 0.2) is 5.82 Å². The standard InChI is InChI=1S/C9H7N.C2H4N4/c1-2-6-9-8(4-1)5-3-7-10-9;3-2-1-4-6-5-2/h1-7H;1H,(H3,3,4,5,6). The van der Waals surface area contributed by atoms with Crippen molar-refractivity contribution < 1.29 is 0 Å². The summed E-state index contributed by atoms with van der Waals surface area (Å²) in [5.41, 5.74) is 6.13. The van der Waals surface area contributed by atoms with Gasteiger partial charge in [0.2, 0.25) is 0 Å². The molecule has 3 rings (SSSR count). The van der Waals surface area contributed by atoms with Gasteiger partial charge in [-0.25, -0.2) is 0 Å². The summed E-state index contributed by atoms with van der Waals surface area (Å²) in [4.78, 5) is 4.18. The molecule has 5 nitrogen and oxygen atoms in total. The third kappa shape index (κ3) is 2.54. The van der Waals surface area contributed by atoms with E-state index in [0.29, 0.717) is 5.82 Å². The van der Waals surface area contributed by atoms with Gasteiger partial charge in [0.1, 0.15) is 0 Å². The molecule has 0 aliphatic rings. The summed E-state index contributed by atoms with van der Waals surface area (Å²) < 4.78 is 0. The number of nitrogens with two attached hydrogens (primary N) is 1. The number of aromatic amines is 1. The molecule has 0 aliphatic heterocycles. The fourth-order valence-electron chi connectivity index (χ4n) is 1.23. The minimum absolute atomic E-state index is 0.426. The molecule has 0 spiro atoms. The van der Waals surface area contributed by atoms with Crippen molar-refractivity contribution in [3.05, 3.63) is 48.8 Å². The lowest BCUT2D eigenvalue weighted by Crippen LogP contribution is -1.81. The van der Waals surface area contributed by atoms with E-state index in [1.807, 2.05) is 30.5 Å². The van der Waals surface area contributed by atoms with E-state index in [1.54, 1.807) is 0 Å². The van der Waals surface area contributed by atoms with E-state index >= 15 is 0 Å². The topological polar surface area (TPSA) is 80.5 Å². The van der Waals surface area contributed by atoms with Gasteiger partial charge in [-0.15, -0.1) is 5.10 Å². The normalized spacial score (nSPS) is 9.50. The monoisotopic (exact) mass is 213 g/mol. The molecular weight excluding hydrogens is 202 g/mol. The Hall–Kier alpha value is -2.43. The molecule has 0 amide bonds. The molecule has 1 aromatic carbocycles. The molecule has 3 aromatic rings. The number of nitrogens with one attached hydrogen (secondary N) is 1. The highest BCUT2D eigenvalue weighted by Gasteiger charge is 1.86. The molecule has 2 heterocycles. The van der Waals surface area contributed by atoms with Crippen LogP contribution in [0, 0.1) is 0 Å². The number of benzene rings is 1. The smallest absolute Gasteiger partial charge is 0.165 e. The molecule has 0 bridgehead atoms. The van der Waals surface area contributed by atoms with Crippen LogP contribution in [-0.2, 0) is 0 Å². The van der Waals surface area contributed by atoms with Crippen LogP contribution in [0.4, 0.5) is 5.82 Å². The quantitative estimate of drug-likeness (QED) is 0.594. The fraction of sp³-hybridized carbons (Fsp3) is 0. The number of fused-ring (bicyclic) bond motifs is 1. The number of nitrogens with zero attached hydrogens (tertiary/aromatic N) is 3. The number of para-hydroxylation sites is 1. The predicted octanol–water partition coefficient (Wildman–Crippen LogP) is 1.62. The molecule has 0 aliphatic carbocycles. The van der Waals surface area contributed by atoms with Crippen LogP contribution in [-0.4, -0.2) is 20.4 Å². The second-order valence-electron chi connectivity index (χ2n) is 3.09. The SMILES string of the molecule is Nc1cn[nH]n1.c1ccc2ncccc2c1. The Labute approximate surface area is 92.3 Å². The number of hydrogen-bond acceptors (Lipinski definition) is 4. The first kappa shape index (κ1) is 10.1. The van der Waals surface area contributed by atoms with E-state index in [0.717, 1.165) is 5.52 Å². The van der Waals surface area contributed by atoms with Crippen molar-refractivity contribution in [1.29, 1.82) is 0 Å². The first-order valence-electron chi connectivity index (χ1n) is 4.77. The van der Waals surface area contributed by atoms with Gasteiger partial charge in [0.25, 0.3) is 0 Å². The summed E-state index contributed by atoms with van der Waals surface area (Å²) >= 11 is 0. The number of anilines is 1. The zero-order chi connectivity index (χ0) is 11.2. The molecule has 3 N–H and O–H groups in total. The average molecular weight is 213 g/mol. The lowest BCUT2D eigenvalue weighted by Gasteiger charge is -1.91. The van der Waals surface area contributed by atoms with Crippen LogP contribution >= 0.6 is 0 Å². The second kappa shape index (κ2) is 4.88. The maximum Gasteiger partial charge on any atom is 0.165 e. The largest absolute Gasteiger partial charge is 0.381 e. The van der Waals surface area contributed by atoms with Crippen LogP contribution in [0.15, 0.2) is 48.8 Å². The van der Waals surface area contributed by atoms with Gasteiger partial charge >= 0.3 is 0 Å². The first-order valence-corrected chi connectivity index (χ1v) is 4.77. The van der Waals surface area contributed by atoms with Crippen molar-refractivity contribution in [2.45, 2.75) is 0 Å². The van der Waals surface area contributed by atoms with E-state index < -0.39 is 0 Å². The molecule has 0 saturated carbocycles. The van der Waals surface area contributed by atoms with Crippen molar-refractivity contribution in [3.8, 4) is 0 Å². The third-order valence-corrected chi connectivity index (χ3v) is 1.95. The van der Waals surface area contributed by atoms with Gasteiger partial charge in [-0.05, 0) is 12.1 Å². The van der Waals surface area contributed by atoms with Gasteiger partial charge < -0.3 is 5.73 Å².